The number of amides is 2. The van der Waals surface area contributed by atoms with Gasteiger partial charge in [0.05, 0.1) is 11.1 Å². The summed E-state index contributed by atoms with van der Waals surface area (Å²) in [5.74, 6) is 0.300. The SMILES string of the molecule is O=C(CSc1ncn[nH]1)NC1CC12CCN(C(=O)c1ccc3c(-c4nccs4)noc3c1)CC2. The molecule has 1 unspecified atom stereocenters. The molecule has 1 aliphatic carbocycles. The summed E-state index contributed by atoms with van der Waals surface area (Å²) in [4.78, 5) is 35.6. The number of thiazole rings is 1. The van der Waals surface area contributed by atoms with Gasteiger partial charge in [0.15, 0.2) is 10.7 Å². The van der Waals surface area contributed by atoms with E-state index in [1.54, 1.807) is 12.3 Å². The molecule has 6 rings (SSSR count). The molecule has 1 saturated carbocycles. The van der Waals surface area contributed by atoms with E-state index in [1.807, 2.05) is 22.4 Å². The summed E-state index contributed by atoms with van der Waals surface area (Å²) in [5, 5.41) is 18.0. The zero-order valence-electron chi connectivity index (χ0n) is 18.1. The van der Waals surface area contributed by atoms with Gasteiger partial charge in [-0.05, 0) is 42.9 Å². The molecule has 2 N–H and O–H groups in total. The number of hydrogen-bond donors (Lipinski definition) is 2. The third kappa shape index (κ3) is 3.96. The Bertz CT molecular complexity index is 1330. The number of likely N-dealkylation sites (tertiary alicyclic amines) is 1. The maximum atomic E-state index is 13.1. The number of H-pyrrole nitrogens is 1. The molecule has 174 valence electrons. The van der Waals surface area contributed by atoms with E-state index in [0.29, 0.717) is 40.8 Å². The Kier molecular flexibility index (Phi) is 5.33. The summed E-state index contributed by atoms with van der Waals surface area (Å²) in [6.45, 7) is 1.35. The van der Waals surface area contributed by atoms with Gasteiger partial charge in [-0.15, -0.1) is 11.3 Å². The Hall–Kier alpha value is -3.25. The lowest BCUT2D eigenvalue weighted by atomic mass is 9.92. The van der Waals surface area contributed by atoms with E-state index in [0.717, 1.165) is 29.7 Å². The normalized spacial score (nSPS) is 18.9. The number of nitrogens with one attached hydrogen (secondary N) is 2. The second-order valence-electron chi connectivity index (χ2n) is 8.64. The number of fused-ring (bicyclic) bond motifs is 1. The van der Waals surface area contributed by atoms with Crippen molar-refractivity contribution >= 4 is 45.9 Å². The molecule has 1 aromatic carbocycles. The largest absolute Gasteiger partial charge is 0.356 e. The Morgan fingerprint density at radius 2 is 2.18 bits per heavy atom. The molecule has 1 atom stereocenters. The minimum Gasteiger partial charge on any atom is -0.356 e. The number of rotatable bonds is 6. The molecular formula is C22H21N7O3S2. The molecular weight excluding hydrogens is 474 g/mol. The van der Waals surface area contributed by atoms with Crippen molar-refractivity contribution in [1.82, 2.24) is 35.5 Å². The van der Waals surface area contributed by atoms with Crippen molar-refractivity contribution in [2.75, 3.05) is 18.8 Å². The lowest BCUT2D eigenvalue weighted by molar-refractivity contribution is -0.118. The highest BCUT2D eigenvalue weighted by atomic mass is 32.2. The number of aromatic amines is 1. The molecule has 2 fully saturated rings. The summed E-state index contributed by atoms with van der Waals surface area (Å²) in [6, 6.07) is 5.65. The monoisotopic (exact) mass is 495 g/mol. The van der Waals surface area contributed by atoms with E-state index in [9.17, 15) is 9.59 Å². The summed E-state index contributed by atoms with van der Waals surface area (Å²) in [7, 11) is 0. The average molecular weight is 496 g/mol. The molecule has 4 heterocycles. The number of hydrogen-bond acceptors (Lipinski definition) is 9. The highest BCUT2D eigenvalue weighted by molar-refractivity contribution is 7.99. The van der Waals surface area contributed by atoms with Gasteiger partial charge in [0.2, 0.25) is 5.91 Å². The fourth-order valence-electron chi connectivity index (χ4n) is 4.64. The summed E-state index contributed by atoms with van der Waals surface area (Å²) < 4.78 is 5.48. The van der Waals surface area contributed by atoms with E-state index in [1.165, 1.54) is 29.4 Å². The van der Waals surface area contributed by atoms with Crippen LogP contribution < -0.4 is 5.32 Å². The van der Waals surface area contributed by atoms with Crippen LogP contribution in [0, 0.1) is 5.41 Å². The van der Waals surface area contributed by atoms with Gasteiger partial charge < -0.3 is 14.7 Å². The van der Waals surface area contributed by atoms with Crippen molar-refractivity contribution < 1.29 is 14.1 Å². The van der Waals surface area contributed by atoms with Crippen LogP contribution in [0.1, 0.15) is 29.6 Å². The quantitative estimate of drug-likeness (QED) is 0.391. The average Bonchev–Trinajstić information content (AvgIpc) is 3.41. The fraction of sp³-hybridized carbons (Fsp3) is 0.364. The Morgan fingerprint density at radius 1 is 1.29 bits per heavy atom. The standard InChI is InChI=1S/C22H21N7O3S2/c30-17(11-34-21-24-12-25-27-21)26-16-10-22(16)3-6-29(7-4-22)20(31)13-1-2-14-15(9-13)32-28-18(14)19-23-5-8-33-19/h1-2,5,8-9,12,16H,3-4,6-7,10-11H2,(H,26,30)(H,24,25,27). The molecule has 34 heavy (non-hydrogen) atoms. The van der Waals surface area contributed by atoms with Gasteiger partial charge in [-0.25, -0.2) is 9.97 Å². The molecule has 1 aliphatic heterocycles. The molecule has 10 nitrogen and oxygen atoms in total. The van der Waals surface area contributed by atoms with Gasteiger partial charge in [0.25, 0.3) is 5.91 Å². The number of nitrogens with zero attached hydrogens (tertiary/aromatic N) is 5. The van der Waals surface area contributed by atoms with E-state index < -0.39 is 0 Å². The molecule has 1 saturated heterocycles. The maximum Gasteiger partial charge on any atom is 0.253 e. The first-order valence-corrected chi connectivity index (χ1v) is 12.8. The van der Waals surface area contributed by atoms with Gasteiger partial charge in [0, 0.05) is 36.3 Å². The second-order valence-corrected chi connectivity index (χ2v) is 10.5. The molecule has 1 spiro atoms. The van der Waals surface area contributed by atoms with E-state index >= 15 is 0 Å². The molecule has 0 radical (unpaired) electrons. The van der Waals surface area contributed by atoms with E-state index in [2.05, 4.69) is 30.6 Å². The molecule has 0 bridgehead atoms. The Labute approximate surface area is 202 Å². The highest BCUT2D eigenvalue weighted by Gasteiger charge is 2.55. The maximum absolute atomic E-state index is 13.1. The Morgan fingerprint density at radius 3 is 2.94 bits per heavy atom. The molecule has 12 heteroatoms. The predicted octanol–water partition coefficient (Wildman–Crippen LogP) is 2.97. The second kappa shape index (κ2) is 8.51. The van der Waals surface area contributed by atoms with E-state index in [4.69, 9.17) is 4.52 Å². The lowest BCUT2D eigenvalue weighted by Crippen LogP contribution is -2.42. The highest BCUT2D eigenvalue weighted by Crippen LogP contribution is 2.54. The van der Waals surface area contributed by atoms with Crippen LogP contribution in [0.15, 0.2) is 45.8 Å². The third-order valence-corrected chi connectivity index (χ3v) is 8.31. The summed E-state index contributed by atoms with van der Waals surface area (Å²) in [5.41, 5.74) is 1.99. The minimum atomic E-state index is -0.00589. The molecule has 4 aromatic rings. The third-order valence-electron chi connectivity index (χ3n) is 6.66. The summed E-state index contributed by atoms with van der Waals surface area (Å²) in [6.07, 6.45) is 5.90. The first-order valence-electron chi connectivity index (χ1n) is 11.0. The van der Waals surface area contributed by atoms with Crippen LogP contribution in [-0.2, 0) is 4.79 Å². The van der Waals surface area contributed by atoms with Crippen LogP contribution >= 0.6 is 23.1 Å². The first kappa shape index (κ1) is 21.3. The lowest BCUT2D eigenvalue weighted by Gasteiger charge is -2.33. The first-order chi connectivity index (χ1) is 16.6. The van der Waals surface area contributed by atoms with Crippen LogP contribution in [-0.4, -0.2) is 66.9 Å². The van der Waals surface area contributed by atoms with Crippen molar-refractivity contribution in [3.63, 3.8) is 0 Å². The number of carbonyl (C=O) groups is 2. The number of piperidine rings is 1. The topological polar surface area (TPSA) is 130 Å². The summed E-state index contributed by atoms with van der Waals surface area (Å²) >= 11 is 2.83. The van der Waals surface area contributed by atoms with Gasteiger partial charge in [-0.2, -0.15) is 5.10 Å². The molecule has 2 amide bonds. The van der Waals surface area contributed by atoms with Crippen LogP contribution in [0.25, 0.3) is 21.7 Å². The Balaban J connectivity index is 1.04. The van der Waals surface area contributed by atoms with Crippen LogP contribution in [0.3, 0.4) is 0 Å². The van der Waals surface area contributed by atoms with Crippen LogP contribution in [0.4, 0.5) is 0 Å². The smallest absolute Gasteiger partial charge is 0.253 e. The van der Waals surface area contributed by atoms with Gasteiger partial charge in [-0.1, -0.05) is 16.9 Å². The van der Waals surface area contributed by atoms with Gasteiger partial charge >= 0.3 is 0 Å². The van der Waals surface area contributed by atoms with Crippen molar-refractivity contribution in [3.8, 4) is 10.7 Å². The number of benzene rings is 1. The predicted molar refractivity (Wildman–Crippen MR) is 126 cm³/mol. The fourth-order valence-corrected chi connectivity index (χ4v) is 5.86. The van der Waals surface area contributed by atoms with Gasteiger partial charge in [0.1, 0.15) is 17.0 Å². The van der Waals surface area contributed by atoms with Gasteiger partial charge in [-0.3, -0.25) is 14.7 Å². The zero-order chi connectivity index (χ0) is 23.1. The van der Waals surface area contributed by atoms with Crippen LogP contribution in [0.5, 0.6) is 0 Å². The number of aromatic nitrogens is 5. The number of thioether (sulfide) groups is 1. The molecule has 2 aliphatic rings. The van der Waals surface area contributed by atoms with Crippen molar-refractivity contribution in [2.45, 2.75) is 30.5 Å². The van der Waals surface area contributed by atoms with Crippen molar-refractivity contribution in [3.05, 3.63) is 41.7 Å². The van der Waals surface area contributed by atoms with E-state index in [-0.39, 0.29) is 23.3 Å². The zero-order valence-corrected chi connectivity index (χ0v) is 19.7. The minimum absolute atomic E-state index is 0.000687. The molecule has 3 aromatic heterocycles. The van der Waals surface area contributed by atoms with Crippen molar-refractivity contribution in [1.29, 1.82) is 0 Å². The van der Waals surface area contributed by atoms with Crippen LogP contribution in [0.2, 0.25) is 0 Å². The van der Waals surface area contributed by atoms with Crippen molar-refractivity contribution in [2.24, 2.45) is 5.41 Å². The number of carbonyl (C=O) groups excluding carboxylic acids is 2.